The van der Waals surface area contributed by atoms with E-state index in [1.54, 1.807) is 0 Å². The van der Waals surface area contributed by atoms with Gasteiger partial charge >= 0.3 is 0 Å². The summed E-state index contributed by atoms with van der Waals surface area (Å²) in [5.41, 5.74) is 0. The molecule has 25 atom stereocenters. The maximum atomic E-state index is 12.4. The van der Waals surface area contributed by atoms with E-state index in [0.29, 0.717) is 0 Å². The molecule has 16 N–H and O–H groups in total. The summed E-state index contributed by atoms with van der Waals surface area (Å²) in [5, 5.41) is 153. The molecule has 0 unspecified atom stereocenters. The summed E-state index contributed by atoms with van der Waals surface area (Å²) in [4.78, 5) is 24.2. The van der Waals surface area contributed by atoms with Crippen molar-refractivity contribution in [2.45, 2.75) is 174 Å². The zero-order valence-electron chi connectivity index (χ0n) is 33.0. The molecular formula is C34H58N2O25. The van der Waals surface area contributed by atoms with Gasteiger partial charge in [0.1, 0.15) is 116 Å². The second-order valence-corrected chi connectivity index (χ2v) is 15.4. The van der Waals surface area contributed by atoms with E-state index in [0.717, 1.165) is 13.8 Å². The summed E-state index contributed by atoms with van der Waals surface area (Å²) < 4.78 is 51.1. The van der Waals surface area contributed by atoms with Crippen molar-refractivity contribution in [2.24, 2.45) is 0 Å². The lowest BCUT2D eigenvalue weighted by Gasteiger charge is -2.50. The lowest BCUT2D eigenvalue weighted by Crippen LogP contribution is -2.70. The molecule has 5 heterocycles. The normalized spacial score (nSPS) is 49.6. The fraction of sp³-hybridized carbons (Fsp3) is 0.941. The van der Waals surface area contributed by atoms with Gasteiger partial charge in [0.2, 0.25) is 11.8 Å². The van der Waals surface area contributed by atoms with Gasteiger partial charge in [-0.25, -0.2) is 0 Å². The van der Waals surface area contributed by atoms with E-state index in [9.17, 15) is 81.1 Å². The smallest absolute Gasteiger partial charge is 0.217 e. The number of aliphatic hydroxyl groups excluding tert-OH is 14. The molecule has 0 aromatic rings. The van der Waals surface area contributed by atoms with Crippen molar-refractivity contribution in [3.05, 3.63) is 0 Å². The summed E-state index contributed by atoms with van der Waals surface area (Å²) >= 11 is 0. The third-order valence-electron chi connectivity index (χ3n) is 11.1. The van der Waals surface area contributed by atoms with Gasteiger partial charge in [0.25, 0.3) is 0 Å². The van der Waals surface area contributed by atoms with Gasteiger partial charge in [-0.05, 0) is 6.92 Å². The van der Waals surface area contributed by atoms with Crippen molar-refractivity contribution in [3.63, 3.8) is 0 Å². The first-order chi connectivity index (χ1) is 28.7. The largest absolute Gasteiger partial charge is 0.394 e. The van der Waals surface area contributed by atoms with Gasteiger partial charge < -0.3 is 125 Å². The molecule has 0 saturated carbocycles. The Labute approximate surface area is 346 Å². The maximum absolute atomic E-state index is 12.4. The highest BCUT2D eigenvalue weighted by Gasteiger charge is 2.56. The Kier molecular flexibility index (Phi) is 17.5. The summed E-state index contributed by atoms with van der Waals surface area (Å²) in [6, 6.07) is -3.15. The van der Waals surface area contributed by atoms with E-state index in [1.165, 1.54) is 6.92 Å². The standard InChI is InChI=1S/C34H58N2O25/c1-8-17(42)22(47)25(50)33(54-8)61-29-19(44)14(7-53-32-24(49)23(48)18(43)11(4-37)56-32)58-34(26(29)51)60-28-13(6-39)57-31(16(21(28)46)36-10(3)41)59-27-12(5-38)55-30(52)15(20(27)45)35-9(2)40/h8,11-34,37-39,42-52H,4-7H2,1-3H3,(H,35,40)(H,36,41)/t8-,11-,12-,13-,14-,15-,16-,17-,18-,19-,20-,21-,22+,23+,24+,25+,26+,27-,28-,29+,30-,31+,32+,33-,34+/m1/s1. The fourth-order valence-corrected chi connectivity index (χ4v) is 7.68. The predicted octanol–water partition coefficient (Wildman–Crippen LogP) is -10.6. The number of aliphatic hydroxyl groups is 14. The van der Waals surface area contributed by atoms with Crippen molar-refractivity contribution in [1.29, 1.82) is 0 Å². The molecular weight excluding hydrogens is 836 g/mol. The summed E-state index contributed by atoms with van der Waals surface area (Å²) in [5.74, 6) is -1.46. The molecule has 27 heteroatoms. The van der Waals surface area contributed by atoms with Crippen molar-refractivity contribution >= 4 is 11.8 Å². The van der Waals surface area contributed by atoms with Gasteiger partial charge in [-0.2, -0.15) is 0 Å². The first-order valence-corrected chi connectivity index (χ1v) is 19.4. The zero-order chi connectivity index (χ0) is 45.2. The summed E-state index contributed by atoms with van der Waals surface area (Å²) in [6.45, 7) is 0.0220. The van der Waals surface area contributed by atoms with Gasteiger partial charge in [0, 0.05) is 13.8 Å². The van der Waals surface area contributed by atoms with Crippen LogP contribution >= 0.6 is 0 Å². The van der Waals surface area contributed by atoms with Gasteiger partial charge in [-0.15, -0.1) is 0 Å². The number of hydrogen-bond donors (Lipinski definition) is 16. The van der Waals surface area contributed by atoms with Crippen LogP contribution in [0.4, 0.5) is 0 Å². The van der Waals surface area contributed by atoms with Crippen LogP contribution in [0.1, 0.15) is 20.8 Å². The van der Waals surface area contributed by atoms with Gasteiger partial charge in [-0.3, -0.25) is 9.59 Å². The van der Waals surface area contributed by atoms with Crippen LogP contribution < -0.4 is 10.6 Å². The number of amides is 2. The Morgan fingerprint density at radius 3 is 1.51 bits per heavy atom. The van der Waals surface area contributed by atoms with E-state index in [1.807, 2.05) is 0 Å². The van der Waals surface area contributed by atoms with Crippen LogP contribution in [0.2, 0.25) is 0 Å². The lowest BCUT2D eigenvalue weighted by atomic mass is 9.94. The number of rotatable bonds is 14. The third-order valence-corrected chi connectivity index (χ3v) is 11.1. The lowest BCUT2D eigenvalue weighted by molar-refractivity contribution is -0.382. The molecule has 5 aliphatic rings. The minimum atomic E-state index is -2.12. The Bertz CT molecular complexity index is 1420. The van der Waals surface area contributed by atoms with Crippen LogP contribution in [0, 0.1) is 0 Å². The van der Waals surface area contributed by atoms with Crippen LogP contribution in [0.15, 0.2) is 0 Å². The number of carbonyl (C=O) groups is 2. The molecule has 5 aliphatic heterocycles. The molecule has 0 aromatic carbocycles. The number of ether oxygens (including phenoxy) is 9. The van der Waals surface area contributed by atoms with E-state index in [-0.39, 0.29) is 0 Å². The first-order valence-electron chi connectivity index (χ1n) is 19.4. The topological polar surface area (TPSA) is 424 Å². The molecule has 0 aliphatic carbocycles. The molecule has 0 aromatic heterocycles. The van der Waals surface area contributed by atoms with E-state index in [4.69, 9.17) is 42.6 Å². The van der Waals surface area contributed by atoms with Gasteiger partial charge in [0.15, 0.2) is 31.5 Å². The molecule has 61 heavy (non-hydrogen) atoms. The zero-order valence-corrected chi connectivity index (χ0v) is 33.0. The van der Waals surface area contributed by atoms with E-state index >= 15 is 0 Å². The third kappa shape index (κ3) is 10.9. The SMILES string of the molecule is CC(=O)N[C@@H]1[C@@H](O)[C@H](O[C@@H]2O[C@H](CO)[C@@H](O[C@@H]3O[C@H](CO[C@H]4O[C@H](CO)[C@@H](O)[C@H](O)[C@@H]4O)[C@@H](O)[C@H](O[C@H]4O[C@H](C)[C@@H](O)[C@H](O)[C@@H]4O)[C@@H]3O)[C@H](O)[C@H]2NC(C)=O)[C@@H](CO)O[C@H]1O. The van der Waals surface area contributed by atoms with Gasteiger partial charge in [0.05, 0.1) is 32.5 Å². The molecule has 2 amide bonds. The maximum Gasteiger partial charge on any atom is 0.217 e. The number of carbonyl (C=O) groups excluding carboxylic acids is 2. The van der Waals surface area contributed by atoms with Crippen LogP contribution in [0.5, 0.6) is 0 Å². The monoisotopic (exact) mass is 894 g/mol. The fourth-order valence-electron chi connectivity index (χ4n) is 7.68. The van der Waals surface area contributed by atoms with Crippen LogP contribution in [0.3, 0.4) is 0 Å². The van der Waals surface area contributed by atoms with Gasteiger partial charge in [-0.1, -0.05) is 0 Å². The number of nitrogens with one attached hydrogen (secondary N) is 2. The van der Waals surface area contributed by atoms with Crippen molar-refractivity contribution in [1.82, 2.24) is 10.6 Å². The Hall–Kier alpha value is -1.98. The van der Waals surface area contributed by atoms with Crippen molar-refractivity contribution in [2.75, 3.05) is 26.4 Å². The molecule has 5 rings (SSSR count). The molecule has 5 saturated heterocycles. The molecule has 0 radical (unpaired) electrons. The van der Waals surface area contributed by atoms with Crippen LogP contribution in [0.25, 0.3) is 0 Å². The second kappa shape index (κ2) is 21.3. The molecule has 0 spiro atoms. The Morgan fingerprint density at radius 2 is 0.918 bits per heavy atom. The Morgan fingerprint density at radius 1 is 0.459 bits per heavy atom. The minimum Gasteiger partial charge on any atom is -0.394 e. The summed E-state index contributed by atoms with van der Waals surface area (Å²) in [6.07, 6.45) is -40.6. The van der Waals surface area contributed by atoms with Crippen molar-refractivity contribution < 1.29 is 124 Å². The van der Waals surface area contributed by atoms with E-state index < -0.39 is 192 Å². The van der Waals surface area contributed by atoms with Crippen LogP contribution in [-0.4, -0.2) is 263 Å². The highest BCUT2D eigenvalue weighted by molar-refractivity contribution is 5.73. The molecule has 5 fully saturated rings. The van der Waals surface area contributed by atoms with Crippen molar-refractivity contribution in [3.8, 4) is 0 Å². The molecule has 27 nitrogen and oxygen atoms in total. The second-order valence-electron chi connectivity index (χ2n) is 15.4. The highest BCUT2D eigenvalue weighted by atomic mass is 16.8. The molecule has 354 valence electrons. The quantitative estimate of drug-likeness (QED) is 0.0770. The summed E-state index contributed by atoms with van der Waals surface area (Å²) in [7, 11) is 0. The Balaban J connectivity index is 1.41. The highest BCUT2D eigenvalue weighted by Crippen LogP contribution is 2.35. The van der Waals surface area contributed by atoms with Crippen LogP contribution in [-0.2, 0) is 52.2 Å². The average Bonchev–Trinajstić information content (AvgIpc) is 3.21. The predicted molar refractivity (Wildman–Crippen MR) is 188 cm³/mol. The number of hydrogen-bond acceptors (Lipinski definition) is 25. The average molecular weight is 895 g/mol. The first kappa shape index (κ1) is 50.0. The minimum absolute atomic E-state index is 0.683. The van der Waals surface area contributed by atoms with E-state index in [2.05, 4.69) is 10.6 Å². The molecule has 0 bridgehead atoms.